The molecule has 2 fully saturated rings. The van der Waals surface area contributed by atoms with E-state index in [0.29, 0.717) is 18.0 Å². The fourth-order valence-electron chi connectivity index (χ4n) is 3.18. The SMILES string of the molecule is Cc1nnc(CC2CC(N)C2)n1C1CCOCC1. The maximum Gasteiger partial charge on any atom is 0.133 e. The quantitative estimate of drug-likeness (QED) is 0.876. The van der Waals surface area contributed by atoms with Crippen LogP contribution in [0.5, 0.6) is 0 Å². The van der Waals surface area contributed by atoms with Crippen LogP contribution in [0.4, 0.5) is 0 Å². The lowest BCUT2D eigenvalue weighted by Crippen LogP contribution is -2.37. The lowest BCUT2D eigenvalue weighted by molar-refractivity contribution is 0.0678. The van der Waals surface area contributed by atoms with Gasteiger partial charge in [-0.1, -0.05) is 0 Å². The van der Waals surface area contributed by atoms with E-state index in [1.54, 1.807) is 0 Å². The van der Waals surface area contributed by atoms with Crippen molar-refractivity contribution in [3.63, 3.8) is 0 Å². The lowest BCUT2D eigenvalue weighted by atomic mass is 9.78. The Bertz CT molecular complexity index is 405. The normalized spacial score (nSPS) is 29.2. The van der Waals surface area contributed by atoms with Crippen molar-refractivity contribution in [2.24, 2.45) is 11.7 Å². The van der Waals surface area contributed by atoms with Gasteiger partial charge in [0, 0.05) is 31.7 Å². The van der Waals surface area contributed by atoms with Crippen LogP contribution in [0.2, 0.25) is 0 Å². The minimum atomic E-state index is 0.413. The Labute approximate surface area is 108 Å². The van der Waals surface area contributed by atoms with E-state index >= 15 is 0 Å². The van der Waals surface area contributed by atoms with Crippen molar-refractivity contribution in [1.29, 1.82) is 0 Å². The fourth-order valence-corrected chi connectivity index (χ4v) is 3.18. The highest BCUT2D eigenvalue weighted by molar-refractivity contribution is 5.01. The van der Waals surface area contributed by atoms with Crippen molar-refractivity contribution in [1.82, 2.24) is 14.8 Å². The molecule has 5 heteroatoms. The summed E-state index contributed by atoms with van der Waals surface area (Å²) in [4.78, 5) is 0. The molecule has 0 atom stereocenters. The first-order valence-electron chi connectivity index (χ1n) is 6.97. The van der Waals surface area contributed by atoms with Crippen LogP contribution in [0.1, 0.15) is 43.4 Å². The molecule has 0 radical (unpaired) electrons. The molecule has 2 N–H and O–H groups in total. The molecule has 1 aromatic heterocycles. The molecule has 0 aromatic carbocycles. The molecule has 0 spiro atoms. The molecule has 100 valence electrons. The zero-order chi connectivity index (χ0) is 12.5. The molecule has 1 aromatic rings. The van der Waals surface area contributed by atoms with Crippen LogP contribution in [0.3, 0.4) is 0 Å². The second kappa shape index (κ2) is 4.97. The predicted octanol–water partition coefficient (Wildman–Crippen LogP) is 1.22. The van der Waals surface area contributed by atoms with E-state index in [4.69, 9.17) is 10.5 Å². The Hall–Kier alpha value is -0.940. The highest BCUT2D eigenvalue weighted by Gasteiger charge is 2.29. The average molecular weight is 250 g/mol. The highest BCUT2D eigenvalue weighted by Crippen LogP contribution is 2.31. The Morgan fingerprint density at radius 2 is 2.00 bits per heavy atom. The third-order valence-corrected chi connectivity index (χ3v) is 4.24. The average Bonchev–Trinajstić information content (AvgIpc) is 2.70. The predicted molar refractivity (Wildman–Crippen MR) is 68.3 cm³/mol. The number of rotatable bonds is 3. The topological polar surface area (TPSA) is 66.0 Å². The molecule has 0 unspecified atom stereocenters. The first kappa shape index (κ1) is 12.1. The highest BCUT2D eigenvalue weighted by atomic mass is 16.5. The zero-order valence-corrected chi connectivity index (χ0v) is 11.0. The van der Waals surface area contributed by atoms with Gasteiger partial charge in [-0.25, -0.2) is 0 Å². The molecule has 1 saturated carbocycles. The van der Waals surface area contributed by atoms with Gasteiger partial charge in [-0.2, -0.15) is 0 Å². The molecule has 1 saturated heterocycles. The van der Waals surface area contributed by atoms with Crippen LogP contribution in [0, 0.1) is 12.8 Å². The molecule has 1 aliphatic heterocycles. The van der Waals surface area contributed by atoms with Gasteiger partial charge in [-0.05, 0) is 38.5 Å². The summed E-state index contributed by atoms with van der Waals surface area (Å²) in [6, 6.07) is 0.938. The van der Waals surface area contributed by atoms with Crippen LogP contribution in [-0.4, -0.2) is 34.0 Å². The zero-order valence-electron chi connectivity index (χ0n) is 11.0. The van der Waals surface area contributed by atoms with Gasteiger partial charge in [0.1, 0.15) is 11.6 Å². The largest absolute Gasteiger partial charge is 0.381 e. The molecule has 0 bridgehead atoms. The van der Waals surface area contributed by atoms with Crippen molar-refractivity contribution in [3.05, 3.63) is 11.6 Å². The molecule has 2 heterocycles. The number of hydrogen-bond acceptors (Lipinski definition) is 4. The number of aryl methyl sites for hydroxylation is 1. The van der Waals surface area contributed by atoms with Crippen molar-refractivity contribution < 1.29 is 4.74 Å². The monoisotopic (exact) mass is 250 g/mol. The van der Waals surface area contributed by atoms with Gasteiger partial charge < -0.3 is 15.0 Å². The summed E-state index contributed by atoms with van der Waals surface area (Å²) in [5.41, 5.74) is 5.85. The second-order valence-corrected chi connectivity index (χ2v) is 5.68. The minimum absolute atomic E-state index is 0.413. The van der Waals surface area contributed by atoms with Crippen LogP contribution in [0.25, 0.3) is 0 Å². The van der Waals surface area contributed by atoms with Gasteiger partial charge >= 0.3 is 0 Å². The molecule has 5 nitrogen and oxygen atoms in total. The van der Waals surface area contributed by atoms with Crippen molar-refractivity contribution in [2.75, 3.05) is 13.2 Å². The van der Waals surface area contributed by atoms with Gasteiger partial charge in [0.05, 0.1) is 0 Å². The van der Waals surface area contributed by atoms with E-state index in [-0.39, 0.29) is 0 Å². The van der Waals surface area contributed by atoms with Gasteiger partial charge in [0.25, 0.3) is 0 Å². The lowest BCUT2D eigenvalue weighted by Gasteiger charge is -2.33. The minimum Gasteiger partial charge on any atom is -0.381 e. The summed E-state index contributed by atoms with van der Waals surface area (Å²) in [7, 11) is 0. The summed E-state index contributed by atoms with van der Waals surface area (Å²) in [5.74, 6) is 2.90. The maximum absolute atomic E-state index is 5.85. The maximum atomic E-state index is 5.85. The number of ether oxygens (including phenoxy) is 1. The van der Waals surface area contributed by atoms with E-state index in [2.05, 4.69) is 21.7 Å². The van der Waals surface area contributed by atoms with Crippen molar-refractivity contribution >= 4 is 0 Å². The third-order valence-electron chi connectivity index (χ3n) is 4.24. The summed E-state index contributed by atoms with van der Waals surface area (Å²) in [6.45, 7) is 3.77. The smallest absolute Gasteiger partial charge is 0.133 e. The van der Waals surface area contributed by atoms with Gasteiger partial charge in [-0.3, -0.25) is 0 Å². The van der Waals surface area contributed by atoms with E-state index < -0.39 is 0 Å². The van der Waals surface area contributed by atoms with E-state index in [9.17, 15) is 0 Å². The van der Waals surface area contributed by atoms with Crippen LogP contribution in [0.15, 0.2) is 0 Å². The van der Waals surface area contributed by atoms with Gasteiger partial charge in [-0.15, -0.1) is 10.2 Å². The second-order valence-electron chi connectivity index (χ2n) is 5.68. The van der Waals surface area contributed by atoms with Crippen molar-refractivity contribution in [3.8, 4) is 0 Å². The molecule has 0 amide bonds. The molecule has 1 aliphatic carbocycles. The summed E-state index contributed by atoms with van der Waals surface area (Å²) < 4.78 is 7.77. The Morgan fingerprint density at radius 3 is 2.67 bits per heavy atom. The summed E-state index contributed by atoms with van der Waals surface area (Å²) in [5, 5.41) is 8.63. The Kier molecular flexibility index (Phi) is 3.35. The van der Waals surface area contributed by atoms with E-state index in [1.807, 2.05) is 0 Å². The van der Waals surface area contributed by atoms with Gasteiger partial charge in [0.15, 0.2) is 0 Å². The number of hydrogen-bond donors (Lipinski definition) is 1. The standard InChI is InChI=1S/C13H22N4O/c1-9-15-16-13(8-10-6-11(14)7-10)17(9)12-2-4-18-5-3-12/h10-12H,2-8,14H2,1H3. The number of nitrogens with zero attached hydrogens (tertiary/aromatic N) is 3. The van der Waals surface area contributed by atoms with Crippen LogP contribution >= 0.6 is 0 Å². The summed E-state index contributed by atoms with van der Waals surface area (Å²) >= 11 is 0. The Balaban J connectivity index is 1.73. The molecular weight excluding hydrogens is 228 g/mol. The van der Waals surface area contributed by atoms with Gasteiger partial charge in [0.2, 0.25) is 0 Å². The number of aromatic nitrogens is 3. The van der Waals surface area contributed by atoms with E-state index in [0.717, 1.165) is 57.0 Å². The molecule has 18 heavy (non-hydrogen) atoms. The number of nitrogens with two attached hydrogens (primary N) is 1. The Morgan fingerprint density at radius 1 is 1.28 bits per heavy atom. The molecular formula is C13H22N4O. The molecule has 2 aliphatic rings. The van der Waals surface area contributed by atoms with E-state index in [1.165, 1.54) is 0 Å². The third kappa shape index (κ3) is 2.29. The first-order chi connectivity index (χ1) is 8.74. The fraction of sp³-hybridized carbons (Fsp3) is 0.846. The van der Waals surface area contributed by atoms with Crippen molar-refractivity contribution in [2.45, 2.75) is 51.1 Å². The first-order valence-corrected chi connectivity index (χ1v) is 6.97. The summed E-state index contributed by atoms with van der Waals surface area (Å²) in [6.07, 6.45) is 5.47. The van der Waals surface area contributed by atoms with Crippen LogP contribution < -0.4 is 5.73 Å². The van der Waals surface area contributed by atoms with Crippen LogP contribution in [-0.2, 0) is 11.2 Å². The molecule has 3 rings (SSSR count).